The van der Waals surface area contributed by atoms with Gasteiger partial charge in [0.25, 0.3) is 5.91 Å². The molecule has 0 heterocycles. The molecular formula is C19H25Cl2NO2. The lowest BCUT2D eigenvalue weighted by Crippen LogP contribution is -2.38. The van der Waals surface area contributed by atoms with Crippen LogP contribution < -0.4 is 5.32 Å². The second-order valence-corrected chi connectivity index (χ2v) is 6.44. The number of rotatable bonds is 8. The molecule has 0 bridgehead atoms. The summed E-state index contributed by atoms with van der Waals surface area (Å²) in [7, 11) is 0. The molecule has 0 saturated carbocycles. The monoisotopic (exact) mass is 369 g/mol. The van der Waals surface area contributed by atoms with E-state index in [1.54, 1.807) is 18.2 Å². The number of carbonyl (C=O) groups is 1. The molecule has 0 aromatic rings. The first-order chi connectivity index (χ1) is 11.5. The van der Waals surface area contributed by atoms with E-state index in [2.05, 4.69) is 5.32 Å². The molecule has 5 heteroatoms. The summed E-state index contributed by atoms with van der Waals surface area (Å²) in [5.41, 5.74) is 0. The average molecular weight is 370 g/mol. The fourth-order valence-electron chi connectivity index (χ4n) is 1.99. The molecular weight excluding hydrogens is 345 g/mol. The Hall–Kier alpha value is -1.45. The molecule has 1 aliphatic carbocycles. The van der Waals surface area contributed by atoms with E-state index < -0.39 is 6.10 Å². The Morgan fingerprint density at radius 2 is 2.12 bits per heavy atom. The molecule has 0 radical (unpaired) electrons. The zero-order chi connectivity index (χ0) is 17.9. The van der Waals surface area contributed by atoms with Gasteiger partial charge in [0.2, 0.25) is 0 Å². The van der Waals surface area contributed by atoms with E-state index in [-0.39, 0.29) is 11.8 Å². The number of nitrogens with one attached hydrogen (secondary N) is 1. The third-order valence-corrected chi connectivity index (χ3v) is 4.03. The summed E-state index contributed by atoms with van der Waals surface area (Å²) >= 11 is 12.2. The molecule has 0 aromatic carbocycles. The van der Waals surface area contributed by atoms with Crippen molar-refractivity contribution in [2.24, 2.45) is 5.92 Å². The topological polar surface area (TPSA) is 38.3 Å². The minimum absolute atomic E-state index is 0.141. The van der Waals surface area contributed by atoms with E-state index in [4.69, 9.17) is 27.9 Å². The number of allylic oxidation sites excluding steroid dienone is 8. The first kappa shape index (κ1) is 20.6. The molecule has 1 aliphatic rings. The van der Waals surface area contributed by atoms with E-state index in [1.807, 2.05) is 45.1 Å². The quantitative estimate of drug-likeness (QED) is 0.597. The first-order valence-electron chi connectivity index (χ1n) is 8.14. The Balaban J connectivity index is 2.59. The number of ether oxygens (including phenoxy) is 1. The van der Waals surface area contributed by atoms with Gasteiger partial charge in [-0.3, -0.25) is 4.79 Å². The standard InChI is InChI=1S/C19H25Cl2NO2/c1-4-6-7-8-14(3)13-22-19(23)17(5-2)24-18-12-10-15(20)9-11-16(18)21/h4,6-10,12,14,17H,5,11,13H2,1-3H3,(H,22,23)/b6-4-,8-7-. The lowest BCUT2D eigenvalue weighted by Gasteiger charge is -2.19. The highest BCUT2D eigenvalue weighted by molar-refractivity contribution is 6.32. The van der Waals surface area contributed by atoms with Gasteiger partial charge < -0.3 is 10.1 Å². The van der Waals surface area contributed by atoms with Gasteiger partial charge in [-0.1, -0.05) is 67.4 Å². The Morgan fingerprint density at radius 3 is 2.79 bits per heavy atom. The lowest BCUT2D eigenvalue weighted by molar-refractivity contribution is -0.130. The van der Waals surface area contributed by atoms with E-state index >= 15 is 0 Å². The number of halogens is 2. The van der Waals surface area contributed by atoms with Crippen molar-refractivity contribution in [2.45, 2.75) is 39.7 Å². The molecule has 0 aromatic heterocycles. The molecule has 2 unspecified atom stereocenters. The number of amides is 1. The Bertz CT molecular complexity index is 574. The van der Waals surface area contributed by atoms with Crippen LogP contribution in [0.25, 0.3) is 0 Å². The van der Waals surface area contributed by atoms with Gasteiger partial charge in [-0.15, -0.1) is 0 Å². The summed E-state index contributed by atoms with van der Waals surface area (Å²) in [6.07, 6.45) is 13.6. The van der Waals surface area contributed by atoms with Crippen molar-refractivity contribution in [3.8, 4) is 0 Å². The molecule has 1 N–H and O–H groups in total. The maximum atomic E-state index is 12.3. The largest absolute Gasteiger partial charge is 0.479 e. The van der Waals surface area contributed by atoms with Crippen molar-refractivity contribution in [1.82, 2.24) is 5.32 Å². The molecule has 24 heavy (non-hydrogen) atoms. The molecule has 132 valence electrons. The molecule has 0 saturated heterocycles. The van der Waals surface area contributed by atoms with Crippen molar-refractivity contribution >= 4 is 29.1 Å². The van der Waals surface area contributed by atoms with E-state index in [1.165, 1.54) is 0 Å². The van der Waals surface area contributed by atoms with E-state index in [9.17, 15) is 4.79 Å². The average Bonchev–Trinajstić information content (AvgIpc) is 2.72. The highest BCUT2D eigenvalue weighted by Gasteiger charge is 2.20. The summed E-state index contributed by atoms with van der Waals surface area (Å²) < 4.78 is 5.80. The van der Waals surface area contributed by atoms with Crippen LogP contribution in [-0.2, 0) is 9.53 Å². The first-order valence-corrected chi connectivity index (χ1v) is 8.89. The van der Waals surface area contributed by atoms with E-state index in [0.717, 1.165) is 0 Å². The van der Waals surface area contributed by atoms with Gasteiger partial charge in [0.05, 0.1) is 5.03 Å². The van der Waals surface area contributed by atoms with Crippen LogP contribution in [0.1, 0.15) is 33.6 Å². The van der Waals surface area contributed by atoms with Crippen LogP contribution in [-0.4, -0.2) is 18.6 Å². The highest BCUT2D eigenvalue weighted by atomic mass is 35.5. The van der Waals surface area contributed by atoms with Gasteiger partial charge in [0.1, 0.15) is 5.76 Å². The fraction of sp³-hybridized carbons (Fsp3) is 0.421. The summed E-state index contributed by atoms with van der Waals surface area (Å²) in [5, 5.41) is 4.06. The predicted octanol–water partition coefficient (Wildman–Crippen LogP) is 5.20. The Morgan fingerprint density at radius 1 is 1.38 bits per heavy atom. The van der Waals surface area contributed by atoms with Crippen LogP contribution >= 0.6 is 23.2 Å². The van der Waals surface area contributed by atoms with Gasteiger partial charge in [-0.05, 0) is 31.4 Å². The normalized spacial score (nSPS) is 17.8. The third kappa shape index (κ3) is 7.41. The minimum Gasteiger partial charge on any atom is -0.479 e. The third-order valence-electron chi connectivity index (χ3n) is 3.41. The summed E-state index contributed by atoms with van der Waals surface area (Å²) in [6, 6.07) is 0. The number of carbonyl (C=O) groups excluding carboxylic acids is 1. The van der Waals surface area contributed by atoms with Gasteiger partial charge in [-0.25, -0.2) is 0 Å². The fourth-order valence-corrected chi connectivity index (χ4v) is 2.31. The molecule has 2 atom stereocenters. The Labute approximate surface area is 154 Å². The van der Waals surface area contributed by atoms with E-state index in [0.29, 0.717) is 35.2 Å². The minimum atomic E-state index is -0.581. The zero-order valence-electron chi connectivity index (χ0n) is 14.4. The van der Waals surface area contributed by atoms with Crippen molar-refractivity contribution in [3.05, 3.63) is 58.4 Å². The maximum Gasteiger partial charge on any atom is 0.261 e. The van der Waals surface area contributed by atoms with Crippen molar-refractivity contribution < 1.29 is 9.53 Å². The van der Waals surface area contributed by atoms with Crippen LogP contribution in [0.3, 0.4) is 0 Å². The van der Waals surface area contributed by atoms with Crippen molar-refractivity contribution in [1.29, 1.82) is 0 Å². The van der Waals surface area contributed by atoms with Crippen LogP contribution in [0.15, 0.2) is 58.4 Å². The summed E-state index contributed by atoms with van der Waals surface area (Å²) in [4.78, 5) is 12.3. The molecule has 1 amide bonds. The SMILES string of the molecule is C/C=C\C=C/C(C)CNC(=O)C(CC)OC1=C(Cl)CC=C(Cl)C=C1. The maximum absolute atomic E-state index is 12.3. The number of hydrogen-bond acceptors (Lipinski definition) is 2. The van der Waals surface area contributed by atoms with Gasteiger partial charge in [0.15, 0.2) is 6.10 Å². The smallest absolute Gasteiger partial charge is 0.261 e. The molecule has 0 fully saturated rings. The summed E-state index contributed by atoms with van der Waals surface area (Å²) in [6.45, 7) is 6.47. The lowest BCUT2D eigenvalue weighted by atomic mass is 10.1. The molecule has 0 aliphatic heterocycles. The van der Waals surface area contributed by atoms with Crippen molar-refractivity contribution in [2.75, 3.05) is 6.54 Å². The van der Waals surface area contributed by atoms with Crippen molar-refractivity contribution in [3.63, 3.8) is 0 Å². The second-order valence-electron chi connectivity index (χ2n) is 5.54. The van der Waals surface area contributed by atoms with Gasteiger partial charge in [0, 0.05) is 18.0 Å². The van der Waals surface area contributed by atoms with Crippen LogP contribution in [0.5, 0.6) is 0 Å². The van der Waals surface area contributed by atoms with Crippen LogP contribution in [0.2, 0.25) is 0 Å². The van der Waals surface area contributed by atoms with Gasteiger partial charge in [-0.2, -0.15) is 0 Å². The second kappa shape index (κ2) is 11.2. The Kier molecular flexibility index (Phi) is 9.58. The highest BCUT2D eigenvalue weighted by Crippen LogP contribution is 2.24. The van der Waals surface area contributed by atoms with Gasteiger partial charge >= 0.3 is 0 Å². The number of hydrogen-bond donors (Lipinski definition) is 1. The zero-order valence-corrected chi connectivity index (χ0v) is 15.9. The summed E-state index contributed by atoms with van der Waals surface area (Å²) in [5.74, 6) is 0.593. The molecule has 1 rings (SSSR count). The van der Waals surface area contributed by atoms with Crippen LogP contribution in [0, 0.1) is 5.92 Å². The molecule has 3 nitrogen and oxygen atoms in total. The molecule has 0 spiro atoms. The van der Waals surface area contributed by atoms with Crippen LogP contribution in [0.4, 0.5) is 0 Å². The predicted molar refractivity (Wildman–Crippen MR) is 102 cm³/mol.